The number of thioether (sulfide) groups is 1. The predicted molar refractivity (Wildman–Crippen MR) is 79.6 cm³/mol. The van der Waals surface area contributed by atoms with Crippen molar-refractivity contribution in [2.75, 3.05) is 29.5 Å². The maximum absolute atomic E-state index is 12.3. The van der Waals surface area contributed by atoms with E-state index in [2.05, 4.69) is 0 Å². The highest BCUT2D eigenvalue weighted by Gasteiger charge is 2.24. The minimum absolute atomic E-state index is 0.0120. The van der Waals surface area contributed by atoms with Crippen LogP contribution >= 0.6 is 11.8 Å². The van der Waals surface area contributed by atoms with Crippen LogP contribution in [-0.2, 0) is 9.53 Å². The SMILES string of the molecule is CC(C)(C)OCC(=O)N1CCSc2ccc(N)cc21. The maximum Gasteiger partial charge on any atom is 0.253 e. The molecule has 0 unspecified atom stereocenters. The third kappa shape index (κ3) is 3.64. The summed E-state index contributed by atoms with van der Waals surface area (Å²) >= 11 is 1.75. The molecule has 0 saturated carbocycles. The molecule has 1 heterocycles. The Kier molecular flexibility index (Phi) is 4.06. The van der Waals surface area contributed by atoms with Gasteiger partial charge in [0.15, 0.2) is 0 Å². The number of nitrogens with zero attached hydrogens (tertiary/aromatic N) is 1. The molecule has 0 aromatic heterocycles. The number of anilines is 2. The van der Waals surface area contributed by atoms with E-state index >= 15 is 0 Å². The van der Waals surface area contributed by atoms with Crippen molar-refractivity contribution in [2.45, 2.75) is 31.3 Å². The number of fused-ring (bicyclic) bond motifs is 1. The van der Waals surface area contributed by atoms with E-state index in [4.69, 9.17) is 10.5 Å². The zero-order valence-corrected chi connectivity index (χ0v) is 12.4. The summed E-state index contributed by atoms with van der Waals surface area (Å²) in [5.41, 5.74) is 7.08. The van der Waals surface area contributed by atoms with E-state index in [1.54, 1.807) is 16.7 Å². The van der Waals surface area contributed by atoms with Gasteiger partial charge >= 0.3 is 0 Å². The highest BCUT2D eigenvalue weighted by Crippen LogP contribution is 2.36. The number of hydrogen-bond donors (Lipinski definition) is 1. The average Bonchev–Trinajstić information content (AvgIpc) is 2.34. The van der Waals surface area contributed by atoms with Crippen molar-refractivity contribution in [2.24, 2.45) is 0 Å². The lowest BCUT2D eigenvalue weighted by Crippen LogP contribution is -2.39. The van der Waals surface area contributed by atoms with Crippen molar-refractivity contribution in [3.05, 3.63) is 18.2 Å². The van der Waals surface area contributed by atoms with E-state index in [1.807, 2.05) is 39.0 Å². The van der Waals surface area contributed by atoms with E-state index in [0.29, 0.717) is 12.2 Å². The Morgan fingerprint density at radius 2 is 2.21 bits per heavy atom. The summed E-state index contributed by atoms with van der Waals surface area (Å²) in [6.45, 7) is 6.63. The molecule has 0 atom stereocenters. The Labute approximate surface area is 118 Å². The standard InChI is InChI=1S/C14H20N2O2S/c1-14(2,3)18-9-13(17)16-6-7-19-12-5-4-10(15)8-11(12)16/h4-5,8H,6-7,9,15H2,1-3H3. The fourth-order valence-corrected chi connectivity index (χ4v) is 2.82. The molecule has 2 N–H and O–H groups in total. The maximum atomic E-state index is 12.3. The van der Waals surface area contributed by atoms with Gasteiger partial charge in [-0.15, -0.1) is 11.8 Å². The van der Waals surface area contributed by atoms with Gasteiger partial charge in [0.25, 0.3) is 5.91 Å². The molecule has 0 radical (unpaired) electrons. The van der Waals surface area contributed by atoms with Crippen LogP contribution in [0, 0.1) is 0 Å². The first-order valence-electron chi connectivity index (χ1n) is 6.33. The van der Waals surface area contributed by atoms with Gasteiger partial charge in [0.1, 0.15) is 6.61 Å². The molecule has 1 aliphatic heterocycles. The molecule has 0 fully saturated rings. The van der Waals surface area contributed by atoms with Gasteiger partial charge in [0.2, 0.25) is 0 Å². The zero-order chi connectivity index (χ0) is 14.0. The Morgan fingerprint density at radius 3 is 2.89 bits per heavy atom. The molecule has 1 aromatic carbocycles. The number of hydrogen-bond acceptors (Lipinski definition) is 4. The molecule has 1 amide bonds. The van der Waals surface area contributed by atoms with E-state index in [0.717, 1.165) is 16.3 Å². The highest BCUT2D eigenvalue weighted by atomic mass is 32.2. The lowest BCUT2D eigenvalue weighted by molar-refractivity contribution is -0.127. The van der Waals surface area contributed by atoms with Crippen molar-refractivity contribution in [3.63, 3.8) is 0 Å². The van der Waals surface area contributed by atoms with Gasteiger partial charge in [-0.25, -0.2) is 0 Å². The van der Waals surface area contributed by atoms with Gasteiger partial charge < -0.3 is 15.4 Å². The number of rotatable bonds is 2. The average molecular weight is 280 g/mol. The molecule has 4 nitrogen and oxygen atoms in total. The lowest BCUT2D eigenvalue weighted by atomic mass is 10.2. The van der Waals surface area contributed by atoms with Crippen LogP contribution in [-0.4, -0.2) is 30.4 Å². The van der Waals surface area contributed by atoms with Crippen molar-refractivity contribution in [1.82, 2.24) is 0 Å². The fraction of sp³-hybridized carbons (Fsp3) is 0.500. The van der Waals surface area contributed by atoms with E-state index in [9.17, 15) is 4.79 Å². The quantitative estimate of drug-likeness (QED) is 0.846. The molecule has 0 bridgehead atoms. The summed E-state index contributed by atoms with van der Waals surface area (Å²) in [5.74, 6) is 0.889. The zero-order valence-electron chi connectivity index (χ0n) is 11.6. The van der Waals surface area contributed by atoms with Gasteiger partial charge in [-0.1, -0.05) is 0 Å². The van der Waals surface area contributed by atoms with E-state index < -0.39 is 0 Å². The number of benzene rings is 1. The Balaban J connectivity index is 2.14. The third-order valence-corrected chi connectivity index (χ3v) is 3.82. The molecule has 1 aromatic rings. The molecule has 0 spiro atoms. The molecule has 5 heteroatoms. The largest absolute Gasteiger partial charge is 0.399 e. The fourth-order valence-electron chi connectivity index (χ4n) is 1.85. The van der Waals surface area contributed by atoms with Gasteiger partial charge in [-0.2, -0.15) is 0 Å². The van der Waals surface area contributed by atoms with Crippen LogP contribution in [0.4, 0.5) is 11.4 Å². The van der Waals surface area contributed by atoms with Crippen LogP contribution in [0.3, 0.4) is 0 Å². The Morgan fingerprint density at radius 1 is 1.47 bits per heavy atom. The predicted octanol–water partition coefficient (Wildman–Crippen LogP) is 2.52. The van der Waals surface area contributed by atoms with Crippen LogP contribution in [0.5, 0.6) is 0 Å². The summed E-state index contributed by atoms with van der Waals surface area (Å²) in [6, 6.07) is 5.70. The third-order valence-electron chi connectivity index (χ3n) is 2.78. The van der Waals surface area contributed by atoms with Crippen LogP contribution < -0.4 is 10.6 Å². The van der Waals surface area contributed by atoms with Gasteiger partial charge in [-0.05, 0) is 39.0 Å². The van der Waals surface area contributed by atoms with Crippen LogP contribution in [0.1, 0.15) is 20.8 Å². The first-order valence-corrected chi connectivity index (χ1v) is 7.32. The topological polar surface area (TPSA) is 55.6 Å². The number of nitrogen functional groups attached to an aromatic ring is 1. The van der Waals surface area contributed by atoms with E-state index in [-0.39, 0.29) is 18.1 Å². The van der Waals surface area contributed by atoms with Crippen molar-refractivity contribution >= 4 is 29.0 Å². The Bertz CT molecular complexity index is 483. The molecular formula is C14H20N2O2S. The molecule has 0 aliphatic carbocycles. The summed E-state index contributed by atoms with van der Waals surface area (Å²) in [4.78, 5) is 15.1. The normalized spacial score (nSPS) is 15.2. The number of carbonyl (C=O) groups excluding carboxylic acids is 1. The van der Waals surface area contributed by atoms with Gasteiger partial charge in [0.05, 0.1) is 11.3 Å². The molecule has 2 rings (SSSR count). The smallest absolute Gasteiger partial charge is 0.253 e. The molecule has 104 valence electrons. The first kappa shape index (κ1) is 14.2. The second-order valence-corrected chi connectivity index (χ2v) is 6.66. The first-order chi connectivity index (χ1) is 8.87. The van der Waals surface area contributed by atoms with E-state index in [1.165, 1.54) is 0 Å². The number of carbonyl (C=O) groups is 1. The summed E-state index contributed by atoms with van der Waals surface area (Å²) in [5, 5.41) is 0. The van der Waals surface area contributed by atoms with Crippen molar-refractivity contribution < 1.29 is 9.53 Å². The highest BCUT2D eigenvalue weighted by molar-refractivity contribution is 7.99. The van der Waals surface area contributed by atoms with Crippen molar-refractivity contribution in [1.29, 1.82) is 0 Å². The van der Waals surface area contributed by atoms with Gasteiger partial charge in [0, 0.05) is 22.9 Å². The molecule has 0 saturated heterocycles. The second-order valence-electron chi connectivity index (χ2n) is 5.52. The number of nitrogens with two attached hydrogens (primary N) is 1. The number of ether oxygens (including phenoxy) is 1. The van der Waals surface area contributed by atoms with Crippen LogP contribution in [0.15, 0.2) is 23.1 Å². The van der Waals surface area contributed by atoms with Crippen molar-refractivity contribution in [3.8, 4) is 0 Å². The summed E-state index contributed by atoms with van der Waals surface area (Å²) < 4.78 is 5.56. The monoisotopic (exact) mass is 280 g/mol. The lowest BCUT2D eigenvalue weighted by Gasteiger charge is -2.30. The summed E-state index contributed by atoms with van der Waals surface area (Å²) in [6.07, 6.45) is 0. The van der Waals surface area contributed by atoms with Gasteiger partial charge in [-0.3, -0.25) is 4.79 Å². The van der Waals surface area contributed by atoms with Crippen LogP contribution in [0.25, 0.3) is 0 Å². The minimum atomic E-state index is -0.307. The minimum Gasteiger partial charge on any atom is -0.399 e. The molecular weight excluding hydrogens is 260 g/mol. The molecule has 1 aliphatic rings. The summed E-state index contributed by atoms with van der Waals surface area (Å²) in [7, 11) is 0. The Hall–Kier alpha value is -1.20. The number of amides is 1. The molecule has 19 heavy (non-hydrogen) atoms. The van der Waals surface area contributed by atoms with Crippen LogP contribution in [0.2, 0.25) is 0 Å². The second kappa shape index (κ2) is 5.43.